The Kier molecular flexibility index (Phi) is 5.99. The number of rotatable bonds is 5. The zero-order valence-electron chi connectivity index (χ0n) is 18.5. The number of aromatic nitrogens is 1. The molecule has 1 aromatic heterocycles. The summed E-state index contributed by atoms with van der Waals surface area (Å²) in [6.45, 7) is 2.62. The number of carbonyl (C=O) groups is 2. The first kappa shape index (κ1) is 22.0. The van der Waals surface area contributed by atoms with E-state index in [0.29, 0.717) is 29.0 Å². The molecule has 0 bridgehead atoms. The van der Waals surface area contributed by atoms with Crippen LogP contribution < -0.4 is 4.90 Å². The standard InChI is InChI=1S/C27H24ClN3O3/c28-22-8-11-24-21(16-22)17-25(27(33)34)31(24)18-26(32)30-14-12-29(13-15-30)23-9-6-20(7-10-23)19-4-2-1-3-5-19/h1-11,16-17H,12-15,18H2,(H,33,34). The fourth-order valence-electron chi connectivity index (χ4n) is 4.53. The number of nitrogens with zero attached hydrogens (tertiary/aromatic N) is 3. The molecule has 0 spiro atoms. The van der Waals surface area contributed by atoms with Crippen molar-refractivity contribution in [1.29, 1.82) is 0 Å². The van der Waals surface area contributed by atoms with E-state index >= 15 is 0 Å². The van der Waals surface area contributed by atoms with Crippen LogP contribution >= 0.6 is 11.6 Å². The molecule has 1 N–H and O–H groups in total. The molecule has 6 nitrogen and oxygen atoms in total. The second-order valence-corrected chi connectivity index (χ2v) is 8.84. The molecule has 2 heterocycles. The van der Waals surface area contributed by atoms with E-state index in [1.807, 2.05) is 23.1 Å². The van der Waals surface area contributed by atoms with Gasteiger partial charge in [-0.25, -0.2) is 4.79 Å². The number of hydrogen-bond acceptors (Lipinski definition) is 3. The Balaban J connectivity index is 1.25. The summed E-state index contributed by atoms with van der Waals surface area (Å²) in [6.07, 6.45) is 0. The second kappa shape index (κ2) is 9.23. The first-order valence-electron chi connectivity index (χ1n) is 11.2. The van der Waals surface area contributed by atoms with Crippen molar-refractivity contribution in [3.05, 3.63) is 89.6 Å². The molecule has 1 amide bonds. The highest BCUT2D eigenvalue weighted by molar-refractivity contribution is 6.31. The number of carboxylic acid groups (broad SMARTS) is 1. The quantitative estimate of drug-likeness (QED) is 0.442. The molecule has 0 saturated carbocycles. The first-order chi connectivity index (χ1) is 16.5. The number of benzene rings is 3. The zero-order chi connectivity index (χ0) is 23.7. The minimum Gasteiger partial charge on any atom is -0.477 e. The van der Waals surface area contributed by atoms with Gasteiger partial charge < -0.3 is 19.5 Å². The SMILES string of the molecule is O=C(O)c1cc2cc(Cl)ccc2n1CC(=O)N1CCN(c2ccc(-c3ccccc3)cc2)CC1. The van der Waals surface area contributed by atoms with Crippen LogP contribution in [0.5, 0.6) is 0 Å². The Morgan fingerprint density at radius 3 is 2.18 bits per heavy atom. The van der Waals surface area contributed by atoms with Crippen molar-refractivity contribution < 1.29 is 14.7 Å². The van der Waals surface area contributed by atoms with Gasteiger partial charge in [-0.05, 0) is 47.5 Å². The highest BCUT2D eigenvalue weighted by Crippen LogP contribution is 2.26. The van der Waals surface area contributed by atoms with E-state index in [2.05, 4.69) is 41.3 Å². The highest BCUT2D eigenvalue weighted by atomic mass is 35.5. The van der Waals surface area contributed by atoms with Gasteiger partial charge in [-0.3, -0.25) is 4.79 Å². The van der Waals surface area contributed by atoms with Crippen LogP contribution in [0.1, 0.15) is 10.5 Å². The number of carboxylic acids is 1. The number of halogens is 1. The summed E-state index contributed by atoms with van der Waals surface area (Å²) in [5.41, 5.74) is 4.26. The summed E-state index contributed by atoms with van der Waals surface area (Å²) in [5.74, 6) is -1.15. The molecular formula is C27H24ClN3O3. The number of amides is 1. The van der Waals surface area contributed by atoms with E-state index in [0.717, 1.165) is 18.8 Å². The van der Waals surface area contributed by atoms with Gasteiger partial charge in [0.15, 0.2) is 0 Å². The lowest BCUT2D eigenvalue weighted by atomic mass is 10.1. The number of fused-ring (bicyclic) bond motifs is 1. The third kappa shape index (κ3) is 4.37. The van der Waals surface area contributed by atoms with Crippen molar-refractivity contribution in [3.8, 4) is 11.1 Å². The Hall–Kier alpha value is -3.77. The molecular weight excluding hydrogens is 450 g/mol. The highest BCUT2D eigenvalue weighted by Gasteiger charge is 2.24. The van der Waals surface area contributed by atoms with Crippen molar-refractivity contribution in [2.75, 3.05) is 31.1 Å². The fraction of sp³-hybridized carbons (Fsp3) is 0.185. The molecule has 1 aliphatic rings. The average Bonchev–Trinajstić information content (AvgIpc) is 3.22. The van der Waals surface area contributed by atoms with Crippen LogP contribution in [0.3, 0.4) is 0 Å². The molecule has 1 aliphatic heterocycles. The Morgan fingerprint density at radius 2 is 1.50 bits per heavy atom. The molecule has 1 saturated heterocycles. The third-order valence-corrected chi connectivity index (χ3v) is 6.58. The van der Waals surface area contributed by atoms with Gasteiger partial charge in [0, 0.05) is 47.8 Å². The first-order valence-corrected chi connectivity index (χ1v) is 11.6. The number of hydrogen-bond donors (Lipinski definition) is 1. The molecule has 0 radical (unpaired) electrons. The Bertz CT molecular complexity index is 1340. The van der Waals surface area contributed by atoms with Gasteiger partial charge in [0.1, 0.15) is 12.2 Å². The fourth-order valence-corrected chi connectivity index (χ4v) is 4.71. The summed E-state index contributed by atoms with van der Waals surface area (Å²) < 4.78 is 1.56. The van der Waals surface area contributed by atoms with Gasteiger partial charge in [0.05, 0.1) is 0 Å². The van der Waals surface area contributed by atoms with Crippen LogP contribution in [0.4, 0.5) is 5.69 Å². The van der Waals surface area contributed by atoms with Gasteiger partial charge in [-0.15, -0.1) is 0 Å². The van der Waals surface area contributed by atoms with Crippen LogP contribution in [0.25, 0.3) is 22.0 Å². The van der Waals surface area contributed by atoms with Gasteiger partial charge in [-0.2, -0.15) is 0 Å². The van der Waals surface area contributed by atoms with Crippen molar-refractivity contribution in [1.82, 2.24) is 9.47 Å². The van der Waals surface area contributed by atoms with E-state index in [4.69, 9.17) is 11.6 Å². The maximum absolute atomic E-state index is 13.1. The van der Waals surface area contributed by atoms with E-state index in [9.17, 15) is 14.7 Å². The Morgan fingerprint density at radius 1 is 0.824 bits per heavy atom. The van der Waals surface area contributed by atoms with E-state index < -0.39 is 5.97 Å². The van der Waals surface area contributed by atoms with E-state index in [-0.39, 0.29) is 18.1 Å². The third-order valence-electron chi connectivity index (χ3n) is 6.35. The van der Waals surface area contributed by atoms with Crippen molar-refractivity contribution in [2.24, 2.45) is 0 Å². The predicted octanol–water partition coefficient (Wildman–Crippen LogP) is 5.01. The predicted molar refractivity (Wildman–Crippen MR) is 135 cm³/mol. The summed E-state index contributed by atoms with van der Waals surface area (Å²) >= 11 is 6.05. The lowest BCUT2D eigenvalue weighted by molar-refractivity contribution is -0.132. The Labute approximate surface area is 202 Å². The lowest BCUT2D eigenvalue weighted by Crippen LogP contribution is -2.49. The molecule has 7 heteroatoms. The topological polar surface area (TPSA) is 65.8 Å². The van der Waals surface area contributed by atoms with Crippen LogP contribution in [0, 0.1) is 0 Å². The lowest BCUT2D eigenvalue weighted by Gasteiger charge is -2.36. The molecule has 34 heavy (non-hydrogen) atoms. The second-order valence-electron chi connectivity index (χ2n) is 8.40. The van der Waals surface area contributed by atoms with Gasteiger partial charge in [-0.1, -0.05) is 54.1 Å². The van der Waals surface area contributed by atoms with Crippen molar-refractivity contribution >= 4 is 40.1 Å². The van der Waals surface area contributed by atoms with Crippen LogP contribution in [-0.4, -0.2) is 52.6 Å². The average molecular weight is 474 g/mol. The molecule has 0 unspecified atom stereocenters. The molecule has 0 aliphatic carbocycles. The number of carbonyl (C=O) groups excluding carboxylic acids is 1. The number of piperazine rings is 1. The van der Waals surface area contributed by atoms with E-state index in [1.165, 1.54) is 11.1 Å². The molecule has 4 aromatic rings. The molecule has 172 valence electrons. The molecule has 5 rings (SSSR count). The number of aromatic carboxylic acids is 1. The zero-order valence-corrected chi connectivity index (χ0v) is 19.3. The van der Waals surface area contributed by atoms with Gasteiger partial charge in [0.25, 0.3) is 0 Å². The summed E-state index contributed by atoms with van der Waals surface area (Å²) in [7, 11) is 0. The van der Waals surface area contributed by atoms with Crippen LogP contribution in [-0.2, 0) is 11.3 Å². The largest absolute Gasteiger partial charge is 0.477 e. The van der Waals surface area contributed by atoms with Crippen molar-refractivity contribution in [2.45, 2.75) is 6.54 Å². The summed E-state index contributed by atoms with van der Waals surface area (Å²) in [5, 5.41) is 10.9. The molecule has 3 aromatic carbocycles. The van der Waals surface area contributed by atoms with E-state index in [1.54, 1.807) is 28.8 Å². The smallest absolute Gasteiger partial charge is 0.352 e. The normalized spacial score (nSPS) is 13.9. The molecule has 0 atom stereocenters. The minimum absolute atomic E-state index is 0.0153. The monoisotopic (exact) mass is 473 g/mol. The molecule has 1 fully saturated rings. The minimum atomic E-state index is -1.07. The van der Waals surface area contributed by atoms with Crippen LogP contribution in [0.2, 0.25) is 5.02 Å². The van der Waals surface area contributed by atoms with Crippen LogP contribution in [0.15, 0.2) is 78.9 Å². The summed E-state index contributed by atoms with van der Waals surface area (Å²) in [6, 6.07) is 25.5. The summed E-state index contributed by atoms with van der Waals surface area (Å²) in [4.78, 5) is 28.9. The number of anilines is 1. The maximum Gasteiger partial charge on any atom is 0.352 e. The van der Waals surface area contributed by atoms with Gasteiger partial charge in [0.2, 0.25) is 5.91 Å². The van der Waals surface area contributed by atoms with Crippen molar-refractivity contribution in [3.63, 3.8) is 0 Å². The van der Waals surface area contributed by atoms with Gasteiger partial charge >= 0.3 is 5.97 Å². The maximum atomic E-state index is 13.1.